The number of benzene rings is 9. The number of ether oxygens (including phenoxy) is 8. The Bertz CT molecular complexity index is 4960. The molecule has 2 atom stereocenters. The Labute approximate surface area is 560 Å². The lowest BCUT2D eigenvalue weighted by Gasteiger charge is -2.46. The van der Waals surface area contributed by atoms with Gasteiger partial charge in [0.1, 0.15) is 128 Å². The Morgan fingerprint density at radius 1 is 0.392 bits per heavy atom. The Kier molecular flexibility index (Phi) is 17.2. The first-order valence-electron chi connectivity index (χ1n) is 31.2. The van der Waals surface area contributed by atoms with Crippen molar-refractivity contribution < 1.29 is 57.1 Å². The van der Waals surface area contributed by atoms with E-state index in [9.17, 15) is 40.2 Å². The molecule has 0 bridgehead atoms. The number of aldehydes is 1. The zero-order chi connectivity index (χ0) is 68.6. The van der Waals surface area contributed by atoms with Crippen molar-refractivity contribution in [3.05, 3.63) is 261 Å². The summed E-state index contributed by atoms with van der Waals surface area (Å²) in [6, 6.07) is 59.3. The van der Waals surface area contributed by atoms with Crippen molar-refractivity contribution in [2.24, 2.45) is 10.8 Å². The number of nitriles is 4. The van der Waals surface area contributed by atoms with Crippen LogP contribution < -0.4 is 37.9 Å². The van der Waals surface area contributed by atoms with E-state index in [1.165, 1.54) is 20.8 Å². The van der Waals surface area contributed by atoms with Gasteiger partial charge >= 0.3 is 0 Å². The Hall–Kier alpha value is -12.5. The molecule has 0 radical (unpaired) electrons. The van der Waals surface area contributed by atoms with Gasteiger partial charge in [0.15, 0.2) is 34.6 Å². The molecule has 16 nitrogen and oxygen atoms in total. The molecule has 1 spiro atoms. The molecule has 0 amide bonds. The minimum Gasteiger partial charge on any atom is -0.456 e. The first-order chi connectivity index (χ1) is 46.6. The lowest BCUT2D eigenvalue weighted by Crippen LogP contribution is -2.42. The number of carbonyl (C=O) groups is 4. The molecule has 0 heterocycles. The van der Waals surface area contributed by atoms with Gasteiger partial charge in [-0.2, -0.15) is 21.0 Å². The monoisotopic (exact) mass is 1280 g/mol. The molecule has 0 saturated heterocycles. The maximum atomic E-state index is 12.2. The number of carbonyl (C=O) groups excluding carboxylic acids is 4. The normalized spacial score (nSPS) is 16.7. The Balaban J connectivity index is 1.00. The summed E-state index contributed by atoms with van der Waals surface area (Å²) in [5, 5.41) is 43.8. The average molecular weight is 1280 g/mol. The molecule has 478 valence electrons. The highest BCUT2D eigenvalue weighted by Gasteiger charge is 2.67. The number of hydrogen-bond acceptors (Lipinski definition) is 16. The molecule has 3 aliphatic carbocycles. The van der Waals surface area contributed by atoms with E-state index in [0.717, 1.165) is 23.0 Å². The first-order valence-corrected chi connectivity index (χ1v) is 31.2. The summed E-state index contributed by atoms with van der Waals surface area (Å²) in [7, 11) is 0. The maximum absolute atomic E-state index is 12.2. The van der Waals surface area contributed by atoms with Crippen molar-refractivity contribution in [1.82, 2.24) is 0 Å². The predicted octanol–water partition coefficient (Wildman–Crippen LogP) is 19.4. The summed E-state index contributed by atoms with van der Waals surface area (Å²) < 4.78 is 53.3. The van der Waals surface area contributed by atoms with Crippen molar-refractivity contribution in [1.29, 1.82) is 21.0 Å². The molecule has 0 aliphatic heterocycles. The number of ketones is 3. The summed E-state index contributed by atoms with van der Waals surface area (Å²) >= 11 is 0. The standard InChI is InChI=1S/C81H62N4O12/c1-48(87)52-23-31-56(32-24-52)91-65-13-9-17-69(59(65)41-82)94-73-37-63-64(38-74(73)95-70-18-10-14-66(60(70)42-83)92-57-33-25-53(26-34-57)49(2)88)81(46-78(63,4)5)47-79(6,7)77-39-75(96-71-19-11-15-67(61(71)43-84)93-58-35-27-54(28-36-58)50(3)89)76(40-80(77,81)8)97-72-20-12-16-68(62(72)44-85)90-55-29-21-51(45-86)22-30-55/h9-39,45H,40,46-47H2,1-8H3. The van der Waals surface area contributed by atoms with Crippen LogP contribution in [-0.2, 0) is 10.8 Å². The van der Waals surface area contributed by atoms with Crippen molar-refractivity contribution in [2.75, 3.05) is 0 Å². The van der Waals surface area contributed by atoms with E-state index in [2.05, 4.69) is 58.9 Å². The van der Waals surface area contributed by atoms with E-state index in [1.54, 1.807) is 170 Å². The largest absolute Gasteiger partial charge is 0.456 e. The molecule has 9 aromatic rings. The zero-order valence-corrected chi connectivity index (χ0v) is 54.3. The van der Waals surface area contributed by atoms with E-state index in [-0.39, 0.29) is 109 Å². The van der Waals surface area contributed by atoms with Gasteiger partial charge in [-0.1, -0.05) is 64.5 Å². The van der Waals surface area contributed by atoms with E-state index in [1.807, 2.05) is 18.2 Å². The van der Waals surface area contributed by atoms with Crippen LogP contribution in [0, 0.1) is 56.2 Å². The molecule has 3 aliphatic rings. The van der Waals surface area contributed by atoms with Gasteiger partial charge in [0, 0.05) is 39.5 Å². The van der Waals surface area contributed by atoms with Gasteiger partial charge in [-0.15, -0.1) is 0 Å². The van der Waals surface area contributed by atoms with E-state index in [4.69, 9.17) is 37.9 Å². The molecule has 0 aromatic heterocycles. The number of hydrogen-bond donors (Lipinski definition) is 0. The Morgan fingerprint density at radius 2 is 0.711 bits per heavy atom. The molecule has 1 saturated carbocycles. The van der Waals surface area contributed by atoms with Gasteiger partial charge in [-0.25, -0.2) is 0 Å². The van der Waals surface area contributed by atoms with Crippen LogP contribution in [0.4, 0.5) is 0 Å². The van der Waals surface area contributed by atoms with Crippen LogP contribution in [0.2, 0.25) is 0 Å². The molecular formula is C81H62N4O12. The van der Waals surface area contributed by atoms with Crippen LogP contribution in [0.5, 0.6) is 80.5 Å². The van der Waals surface area contributed by atoms with Gasteiger partial charge in [-0.05, 0) is 219 Å². The molecule has 9 aromatic carbocycles. The molecule has 0 N–H and O–H groups in total. The highest BCUT2D eigenvalue weighted by molar-refractivity contribution is 5.95. The lowest BCUT2D eigenvalue weighted by atomic mass is 9.58. The number of allylic oxidation sites excluding steroid dienone is 3. The zero-order valence-electron chi connectivity index (χ0n) is 54.3. The quantitative estimate of drug-likeness (QED) is 0.0509. The third kappa shape index (κ3) is 12.4. The topological polar surface area (TPSA) is 237 Å². The number of fused-ring (bicyclic) bond motifs is 4. The summed E-state index contributed by atoms with van der Waals surface area (Å²) in [5.41, 5.74) is 2.21. The van der Waals surface area contributed by atoms with Gasteiger partial charge in [0.2, 0.25) is 0 Å². The van der Waals surface area contributed by atoms with Crippen LogP contribution in [-0.4, -0.2) is 23.6 Å². The second kappa shape index (κ2) is 25.8. The van der Waals surface area contributed by atoms with Gasteiger partial charge in [0.05, 0.1) is 0 Å². The van der Waals surface area contributed by atoms with Crippen LogP contribution in [0.15, 0.2) is 205 Å². The summed E-state index contributed by atoms with van der Waals surface area (Å²) in [6.07, 6.45) is 4.03. The molecular weight excluding hydrogens is 1220 g/mol. The van der Waals surface area contributed by atoms with Gasteiger partial charge < -0.3 is 37.9 Å². The predicted molar refractivity (Wildman–Crippen MR) is 359 cm³/mol. The van der Waals surface area contributed by atoms with Crippen LogP contribution in [0.25, 0.3) is 0 Å². The maximum Gasteiger partial charge on any atom is 0.170 e. The fourth-order valence-corrected chi connectivity index (χ4v) is 13.8. The Morgan fingerprint density at radius 3 is 1.06 bits per heavy atom. The fourth-order valence-electron chi connectivity index (χ4n) is 13.8. The van der Waals surface area contributed by atoms with E-state index >= 15 is 0 Å². The van der Waals surface area contributed by atoms with Crippen LogP contribution in [0.1, 0.15) is 149 Å². The highest BCUT2D eigenvalue weighted by Crippen LogP contribution is 2.74. The van der Waals surface area contributed by atoms with Crippen LogP contribution in [0.3, 0.4) is 0 Å². The van der Waals surface area contributed by atoms with Gasteiger partial charge in [-0.3, -0.25) is 19.2 Å². The molecule has 97 heavy (non-hydrogen) atoms. The van der Waals surface area contributed by atoms with Crippen molar-refractivity contribution in [2.45, 2.75) is 85.5 Å². The molecule has 12 rings (SSSR count). The van der Waals surface area contributed by atoms with E-state index in [0.29, 0.717) is 63.9 Å². The SMILES string of the molecule is CC(=O)c1ccc(Oc2cccc(OC3=C(Oc4cccc(Oc5ccc(C=O)cc5)c4C#N)CC4(C)C(=C3)C(C)(C)CC43CC(C)(C)c4cc(Oc5cccc(Oc6ccc(C(C)=O)cc6)c5C#N)c(Oc5cccc(Oc6ccc(C(C)=O)cc6)c5C#N)cc43)c2C#N)cc1. The summed E-state index contributed by atoms with van der Waals surface area (Å²) in [5.74, 6) is 3.44. The number of Topliss-reactive ketones (excluding diaryl/α,β-unsaturated/α-hetero) is 3. The highest BCUT2D eigenvalue weighted by atomic mass is 16.5. The third-order valence-electron chi connectivity index (χ3n) is 18.3. The van der Waals surface area contributed by atoms with Crippen molar-refractivity contribution in [3.8, 4) is 105 Å². The van der Waals surface area contributed by atoms with Crippen LogP contribution >= 0.6 is 0 Å². The average Bonchev–Trinajstić information content (AvgIpc) is 1.50. The summed E-state index contributed by atoms with van der Waals surface area (Å²) in [6.45, 7) is 15.3. The lowest BCUT2D eigenvalue weighted by molar-refractivity contribution is 0.100. The minimum absolute atomic E-state index is 0.0523. The van der Waals surface area contributed by atoms with Gasteiger partial charge in [0.25, 0.3) is 0 Å². The second-order valence-electron chi connectivity index (χ2n) is 25.6. The number of nitrogens with zero attached hydrogens (tertiary/aromatic N) is 4. The van der Waals surface area contributed by atoms with Crippen molar-refractivity contribution in [3.63, 3.8) is 0 Å². The first kappa shape index (κ1) is 64.6. The second-order valence-corrected chi connectivity index (χ2v) is 25.6. The molecule has 2 unspecified atom stereocenters. The number of rotatable bonds is 20. The van der Waals surface area contributed by atoms with E-state index < -0.39 is 21.7 Å². The van der Waals surface area contributed by atoms with Crippen molar-refractivity contribution >= 4 is 23.6 Å². The fraction of sp³-hybridized carbons (Fsp3) is 0.185. The smallest absolute Gasteiger partial charge is 0.170 e. The minimum atomic E-state index is -0.844. The summed E-state index contributed by atoms with van der Waals surface area (Å²) in [4.78, 5) is 48.0. The molecule has 16 heteroatoms. The molecule has 1 fully saturated rings. The third-order valence-corrected chi connectivity index (χ3v) is 18.3.